The lowest BCUT2D eigenvalue weighted by Crippen LogP contribution is -2.39. The Hall–Kier alpha value is -3.92. The fraction of sp³-hybridized carbons (Fsp3) is 0.0476. The van der Waals surface area contributed by atoms with Crippen molar-refractivity contribution in [2.45, 2.75) is 6.04 Å². The molecule has 1 unspecified atom stereocenters. The van der Waals surface area contributed by atoms with Crippen molar-refractivity contribution in [3.63, 3.8) is 0 Å². The Morgan fingerprint density at radius 1 is 0.806 bits per heavy atom. The highest BCUT2D eigenvalue weighted by molar-refractivity contribution is 5.98. The molecule has 0 aliphatic rings. The first-order valence-corrected chi connectivity index (χ1v) is 8.69. The minimum absolute atomic E-state index is 0.0388. The normalized spacial score (nSPS) is 11.6. The smallest absolute Gasteiger partial charge is 0.270 e. The second-order valence-electron chi connectivity index (χ2n) is 6.42. The van der Waals surface area contributed by atoms with E-state index in [2.05, 4.69) is 5.32 Å². The predicted octanol–water partition coefficient (Wildman–Crippen LogP) is 3.59. The van der Waals surface area contributed by atoms with Crippen LogP contribution in [0.15, 0.2) is 54.6 Å². The van der Waals surface area contributed by atoms with Crippen molar-refractivity contribution in [1.29, 1.82) is 0 Å². The molecule has 1 atom stereocenters. The Morgan fingerprint density at radius 3 is 1.97 bits per heavy atom. The highest BCUT2D eigenvalue weighted by Gasteiger charge is 2.24. The van der Waals surface area contributed by atoms with Gasteiger partial charge in [-0.05, 0) is 47.0 Å². The maximum absolute atomic E-state index is 13.5. The van der Waals surface area contributed by atoms with Gasteiger partial charge in [0.2, 0.25) is 0 Å². The number of benzene rings is 3. The van der Waals surface area contributed by atoms with Gasteiger partial charge in [-0.15, -0.1) is 0 Å². The summed E-state index contributed by atoms with van der Waals surface area (Å²) < 4.78 is 53.2. The highest BCUT2D eigenvalue weighted by Crippen LogP contribution is 2.26. The van der Waals surface area contributed by atoms with Crippen LogP contribution < -0.4 is 10.8 Å². The molecule has 0 fully saturated rings. The molecule has 4 N–H and O–H groups in total. The number of rotatable bonds is 5. The summed E-state index contributed by atoms with van der Waals surface area (Å²) in [6.07, 6.45) is 0. The second kappa shape index (κ2) is 8.84. The van der Waals surface area contributed by atoms with Crippen LogP contribution in [0.4, 0.5) is 17.6 Å². The molecule has 160 valence electrons. The maximum Gasteiger partial charge on any atom is 0.270 e. The molecule has 0 spiro atoms. The van der Waals surface area contributed by atoms with Crippen molar-refractivity contribution in [1.82, 2.24) is 10.8 Å². The third kappa shape index (κ3) is 4.64. The molecule has 0 radical (unpaired) electrons. The lowest BCUT2D eigenvalue weighted by Gasteiger charge is -2.18. The molecule has 0 aliphatic carbocycles. The first kappa shape index (κ1) is 21.8. The summed E-state index contributed by atoms with van der Waals surface area (Å²) in [7, 11) is 0. The first-order chi connectivity index (χ1) is 14.7. The summed E-state index contributed by atoms with van der Waals surface area (Å²) in [6, 6.07) is 8.43. The van der Waals surface area contributed by atoms with Gasteiger partial charge in [0.15, 0.2) is 29.0 Å². The molecule has 0 aliphatic heterocycles. The number of phenols is 1. The summed E-state index contributed by atoms with van der Waals surface area (Å²) in [5, 5.41) is 20.7. The van der Waals surface area contributed by atoms with E-state index in [0.717, 1.165) is 30.3 Å². The average molecular weight is 434 g/mol. The van der Waals surface area contributed by atoms with Gasteiger partial charge in [-0.25, -0.2) is 23.0 Å². The van der Waals surface area contributed by atoms with E-state index in [4.69, 9.17) is 5.21 Å². The summed E-state index contributed by atoms with van der Waals surface area (Å²) >= 11 is 0. The van der Waals surface area contributed by atoms with E-state index in [1.165, 1.54) is 29.7 Å². The van der Waals surface area contributed by atoms with Crippen molar-refractivity contribution in [2.75, 3.05) is 0 Å². The van der Waals surface area contributed by atoms with E-state index in [1.807, 2.05) is 0 Å². The first-order valence-electron chi connectivity index (χ1n) is 8.69. The number of hydrogen-bond donors (Lipinski definition) is 4. The number of aromatic hydroxyl groups is 1. The number of carbonyl (C=O) groups excluding carboxylic acids is 2. The van der Waals surface area contributed by atoms with Gasteiger partial charge in [-0.1, -0.05) is 24.3 Å². The molecule has 0 heterocycles. The lowest BCUT2D eigenvalue weighted by atomic mass is 9.99. The maximum atomic E-state index is 13.5. The Balaban J connectivity index is 1.88. The number of amides is 2. The molecule has 3 aromatic carbocycles. The van der Waals surface area contributed by atoms with Gasteiger partial charge < -0.3 is 10.4 Å². The Labute approximate surface area is 172 Å². The van der Waals surface area contributed by atoms with Gasteiger partial charge in [0.05, 0.1) is 0 Å². The average Bonchev–Trinajstić information content (AvgIpc) is 2.76. The summed E-state index contributed by atoms with van der Waals surface area (Å²) in [6.45, 7) is 0. The number of hydrogen-bond acceptors (Lipinski definition) is 4. The summed E-state index contributed by atoms with van der Waals surface area (Å²) in [5.74, 6) is -7.90. The van der Waals surface area contributed by atoms with Crippen LogP contribution in [0, 0.1) is 23.3 Å². The van der Waals surface area contributed by atoms with Crippen molar-refractivity contribution in [3.8, 4) is 16.9 Å². The zero-order chi connectivity index (χ0) is 22.7. The number of halogens is 4. The standard InChI is InChI=1S/C21H14F4N2O4/c22-14-6-5-12(9-17(14)28)20(29)26-19(21(30)27-31)11-3-1-10(2-4-11)13-7-15(23)18(25)16(24)8-13/h1-9,19,28,31H,(H,26,29)(H,27,30). The van der Waals surface area contributed by atoms with Crippen LogP contribution in [0.1, 0.15) is 22.0 Å². The van der Waals surface area contributed by atoms with Crippen LogP contribution >= 0.6 is 0 Å². The number of hydroxylamine groups is 1. The Bertz CT molecular complexity index is 1130. The zero-order valence-corrected chi connectivity index (χ0v) is 15.5. The van der Waals surface area contributed by atoms with E-state index in [-0.39, 0.29) is 16.7 Å². The molecule has 0 saturated carbocycles. The van der Waals surface area contributed by atoms with Crippen molar-refractivity contribution < 1.29 is 37.5 Å². The van der Waals surface area contributed by atoms with Gasteiger partial charge >= 0.3 is 0 Å². The van der Waals surface area contributed by atoms with Crippen molar-refractivity contribution in [2.24, 2.45) is 0 Å². The molecular weight excluding hydrogens is 420 g/mol. The number of phenolic OH excluding ortho intramolecular Hbond substituents is 1. The fourth-order valence-corrected chi connectivity index (χ4v) is 2.82. The molecule has 6 nitrogen and oxygen atoms in total. The highest BCUT2D eigenvalue weighted by atomic mass is 19.2. The largest absolute Gasteiger partial charge is 0.505 e. The van der Waals surface area contributed by atoms with Crippen LogP contribution in [0.2, 0.25) is 0 Å². The molecule has 10 heteroatoms. The van der Waals surface area contributed by atoms with E-state index >= 15 is 0 Å². The zero-order valence-electron chi connectivity index (χ0n) is 15.5. The predicted molar refractivity (Wildman–Crippen MR) is 100.0 cm³/mol. The SMILES string of the molecule is O=C(NC(C(=O)NO)c1ccc(-c2cc(F)c(F)c(F)c2)cc1)c1ccc(F)c(O)c1. The van der Waals surface area contributed by atoms with Crippen molar-refractivity contribution in [3.05, 3.63) is 89.0 Å². The monoisotopic (exact) mass is 434 g/mol. The minimum atomic E-state index is -1.60. The Morgan fingerprint density at radius 2 is 1.42 bits per heavy atom. The minimum Gasteiger partial charge on any atom is -0.505 e. The second-order valence-corrected chi connectivity index (χ2v) is 6.42. The third-order valence-corrected chi connectivity index (χ3v) is 4.42. The van der Waals surface area contributed by atoms with E-state index in [0.29, 0.717) is 5.56 Å². The van der Waals surface area contributed by atoms with Crippen LogP contribution in [-0.4, -0.2) is 22.1 Å². The molecule has 0 saturated heterocycles. The van der Waals surface area contributed by atoms with E-state index in [9.17, 15) is 32.3 Å². The molecule has 0 aromatic heterocycles. The lowest BCUT2D eigenvalue weighted by molar-refractivity contribution is -0.131. The van der Waals surface area contributed by atoms with Gasteiger partial charge in [0.1, 0.15) is 6.04 Å². The third-order valence-electron chi connectivity index (χ3n) is 4.42. The van der Waals surface area contributed by atoms with Gasteiger partial charge in [-0.2, -0.15) is 0 Å². The summed E-state index contributed by atoms with van der Waals surface area (Å²) in [5.41, 5.74) is 1.76. The molecule has 3 aromatic rings. The number of carbonyl (C=O) groups is 2. The quantitative estimate of drug-likeness (QED) is 0.214. The molecule has 3 rings (SSSR count). The van der Waals surface area contributed by atoms with Crippen LogP contribution in [-0.2, 0) is 4.79 Å². The molecular formula is C21H14F4N2O4. The number of nitrogens with one attached hydrogen (secondary N) is 2. The van der Waals surface area contributed by atoms with Crippen LogP contribution in [0.5, 0.6) is 5.75 Å². The molecule has 2 amide bonds. The topological polar surface area (TPSA) is 98.7 Å². The fourth-order valence-electron chi connectivity index (χ4n) is 2.82. The van der Waals surface area contributed by atoms with Crippen LogP contribution in [0.3, 0.4) is 0 Å². The van der Waals surface area contributed by atoms with Crippen LogP contribution in [0.25, 0.3) is 11.1 Å². The van der Waals surface area contributed by atoms with E-state index in [1.54, 1.807) is 0 Å². The molecule has 31 heavy (non-hydrogen) atoms. The van der Waals surface area contributed by atoms with Gasteiger partial charge in [0, 0.05) is 5.56 Å². The molecule has 0 bridgehead atoms. The Kier molecular flexibility index (Phi) is 6.21. The summed E-state index contributed by atoms with van der Waals surface area (Å²) in [4.78, 5) is 24.4. The van der Waals surface area contributed by atoms with E-state index < -0.39 is 46.9 Å². The van der Waals surface area contributed by atoms with Gasteiger partial charge in [-0.3, -0.25) is 14.8 Å². The van der Waals surface area contributed by atoms with Gasteiger partial charge in [0.25, 0.3) is 11.8 Å². The van der Waals surface area contributed by atoms with Crippen molar-refractivity contribution >= 4 is 11.8 Å².